The third kappa shape index (κ3) is 6.44. The molecule has 0 bridgehead atoms. The average molecular weight is 463 g/mol. The van der Waals surface area contributed by atoms with Crippen LogP contribution in [0.5, 0.6) is 5.75 Å². The van der Waals surface area contributed by atoms with E-state index in [0.717, 1.165) is 11.1 Å². The molecule has 0 saturated carbocycles. The van der Waals surface area contributed by atoms with Crippen molar-refractivity contribution >= 4 is 11.8 Å². The summed E-state index contributed by atoms with van der Waals surface area (Å²) in [6, 6.07) is 22.5. The van der Waals surface area contributed by atoms with E-state index < -0.39 is 17.8 Å². The predicted molar refractivity (Wildman–Crippen MR) is 131 cm³/mol. The van der Waals surface area contributed by atoms with Crippen molar-refractivity contribution in [2.75, 3.05) is 13.7 Å². The number of likely N-dealkylation sites (N-methyl/N-ethyl adjacent to an activating group) is 1. The quantitative estimate of drug-likeness (QED) is 0.475. The molecule has 178 valence electrons. The molecule has 2 amide bonds. The van der Waals surface area contributed by atoms with Gasteiger partial charge in [0.15, 0.2) is 6.61 Å². The topological polar surface area (TPSA) is 58.6 Å². The van der Waals surface area contributed by atoms with E-state index >= 15 is 0 Å². The maximum absolute atomic E-state index is 14.5. The van der Waals surface area contributed by atoms with Crippen molar-refractivity contribution in [3.8, 4) is 5.75 Å². The molecule has 1 atom stereocenters. The molecular formula is C28H31FN2O3. The summed E-state index contributed by atoms with van der Waals surface area (Å²) in [5.74, 6) is -0.307. The molecular weight excluding hydrogens is 431 g/mol. The number of nitrogens with one attached hydrogen (secondary N) is 1. The number of benzene rings is 3. The van der Waals surface area contributed by atoms with Crippen molar-refractivity contribution in [1.29, 1.82) is 0 Å². The van der Waals surface area contributed by atoms with Gasteiger partial charge in [0.1, 0.15) is 17.6 Å². The number of hydrogen-bond donors (Lipinski definition) is 1. The van der Waals surface area contributed by atoms with Crippen LogP contribution in [0.15, 0.2) is 78.9 Å². The van der Waals surface area contributed by atoms with Crippen LogP contribution in [0.4, 0.5) is 4.39 Å². The molecule has 1 N–H and O–H groups in total. The fraction of sp³-hybridized carbons (Fsp3) is 0.286. The summed E-state index contributed by atoms with van der Waals surface area (Å²) in [6.07, 6.45) is 0.295. The van der Waals surface area contributed by atoms with Crippen molar-refractivity contribution in [2.24, 2.45) is 0 Å². The number of rotatable bonds is 10. The second kappa shape index (κ2) is 12.0. The minimum atomic E-state index is -0.830. The molecule has 0 spiro atoms. The third-order valence-electron chi connectivity index (χ3n) is 5.71. The maximum atomic E-state index is 14.5. The summed E-state index contributed by atoms with van der Waals surface area (Å²) >= 11 is 0. The minimum Gasteiger partial charge on any atom is -0.483 e. The molecule has 0 aliphatic heterocycles. The molecule has 0 saturated heterocycles. The Balaban J connectivity index is 1.90. The van der Waals surface area contributed by atoms with E-state index in [9.17, 15) is 14.0 Å². The van der Waals surface area contributed by atoms with Gasteiger partial charge in [-0.2, -0.15) is 0 Å². The number of halogens is 1. The average Bonchev–Trinajstić information content (AvgIpc) is 2.86. The van der Waals surface area contributed by atoms with Crippen LogP contribution in [0.1, 0.15) is 36.5 Å². The van der Waals surface area contributed by atoms with Gasteiger partial charge in [-0.05, 0) is 29.2 Å². The largest absolute Gasteiger partial charge is 0.483 e. The number of nitrogens with zero attached hydrogens (tertiary/aromatic N) is 1. The molecule has 5 nitrogen and oxygen atoms in total. The van der Waals surface area contributed by atoms with Crippen LogP contribution >= 0.6 is 0 Å². The van der Waals surface area contributed by atoms with Crippen LogP contribution in [0.3, 0.4) is 0 Å². The summed E-state index contributed by atoms with van der Waals surface area (Å²) in [5, 5.41) is 2.65. The standard InChI is InChI=1S/C28H31FN2O3/c1-20(2)23-14-8-10-16-26(23)34-19-27(32)31(18-22-13-7-9-15-24(22)29)25(28(33)30-3)17-21-11-5-4-6-12-21/h4-16,20,25H,17-19H2,1-3H3,(H,30,33)/t25-/m0/s1. The number of amides is 2. The van der Waals surface area contributed by atoms with Crippen LogP contribution in [0.2, 0.25) is 0 Å². The Kier molecular flexibility index (Phi) is 8.79. The van der Waals surface area contributed by atoms with Gasteiger partial charge in [-0.15, -0.1) is 0 Å². The number of para-hydroxylation sites is 1. The first-order chi connectivity index (χ1) is 16.4. The van der Waals surface area contributed by atoms with Crippen molar-refractivity contribution in [1.82, 2.24) is 10.2 Å². The molecule has 0 radical (unpaired) electrons. The van der Waals surface area contributed by atoms with E-state index in [1.54, 1.807) is 18.2 Å². The van der Waals surface area contributed by atoms with Crippen molar-refractivity contribution < 1.29 is 18.7 Å². The van der Waals surface area contributed by atoms with E-state index in [4.69, 9.17) is 4.74 Å². The lowest BCUT2D eigenvalue weighted by Gasteiger charge is -2.31. The first-order valence-electron chi connectivity index (χ1n) is 11.4. The molecule has 3 aromatic carbocycles. The lowest BCUT2D eigenvalue weighted by molar-refractivity contribution is -0.142. The van der Waals surface area contributed by atoms with Crippen LogP contribution in [-0.2, 0) is 22.6 Å². The highest BCUT2D eigenvalue weighted by atomic mass is 19.1. The highest BCUT2D eigenvalue weighted by Gasteiger charge is 2.30. The SMILES string of the molecule is CNC(=O)[C@H](Cc1ccccc1)N(Cc1ccccc1F)C(=O)COc1ccccc1C(C)C. The van der Waals surface area contributed by atoms with Gasteiger partial charge >= 0.3 is 0 Å². The lowest BCUT2D eigenvalue weighted by Crippen LogP contribution is -2.51. The fourth-order valence-electron chi connectivity index (χ4n) is 3.84. The van der Waals surface area contributed by atoms with Gasteiger partial charge in [-0.3, -0.25) is 9.59 Å². The summed E-state index contributed by atoms with van der Waals surface area (Å²) in [4.78, 5) is 27.8. The molecule has 0 aliphatic rings. The Morgan fingerprint density at radius 1 is 0.941 bits per heavy atom. The molecule has 3 rings (SSSR count). The predicted octanol–water partition coefficient (Wildman–Crippen LogP) is 4.71. The van der Waals surface area contributed by atoms with Crippen molar-refractivity contribution in [3.63, 3.8) is 0 Å². The minimum absolute atomic E-state index is 0.0500. The summed E-state index contributed by atoms with van der Waals surface area (Å²) < 4.78 is 20.4. The number of carbonyl (C=O) groups excluding carboxylic acids is 2. The second-order valence-electron chi connectivity index (χ2n) is 8.41. The summed E-state index contributed by atoms with van der Waals surface area (Å²) in [6.45, 7) is 3.79. The van der Waals surface area contributed by atoms with Gasteiger partial charge in [0, 0.05) is 25.6 Å². The summed E-state index contributed by atoms with van der Waals surface area (Å²) in [5.41, 5.74) is 2.22. The molecule has 0 aliphatic carbocycles. The van der Waals surface area contributed by atoms with Crippen molar-refractivity contribution in [3.05, 3.63) is 101 Å². The Hall–Kier alpha value is -3.67. The summed E-state index contributed by atoms with van der Waals surface area (Å²) in [7, 11) is 1.53. The smallest absolute Gasteiger partial charge is 0.261 e. The number of ether oxygens (including phenoxy) is 1. The van der Waals surface area contributed by atoms with E-state index in [0.29, 0.717) is 17.7 Å². The van der Waals surface area contributed by atoms with Gasteiger partial charge in [0.05, 0.1) is 0 Å². The zero-order chi connectivity index (χ0) is 24.5. The van der Waals surface area contributed by atoms with Crippen molar-refractivity contribution in [2.45, 2.75) is 38.8 Å². The molecule has 6 heteroatoms. The van der Waals surface area contributed by atoms with Crippen LogP contribution in [-0.4, -0.2) is 36.4 Å². The molecule has 34 heavy (non-hydrogen) atoms. The number of carbonyl (C=O) groups is 2. The number of hydrogen-bond acceptors (Lipinski definition) is 3. The van der Waals surface area contributed by atoms with Crippen LogP contribution in [0.25, 0.3) is 0 Å². The van der Waals surface area contributed by atoms with Gasteiger partial charge < -0.3 is 15.0 Å². The third-order valence-corrected chi connectivity index (χ3v) is 5.71. The van der Waals surface area contributed by atoms with Crippen LogP contribution < -0.4 is 10.1 Å². The molecule has 0 heterocycles. The lowest BCUT2D eigenvalue weighted by atomic mass is 10.0. The zero-order valence-corrected chi connectivity index (χ0v) is 19.8. The molecule has 0 fully saturated rings. The normalized spacial score (nSPS) is 11.7. The fourth-order valence-corrected chi connectivity index (χ4v) is 3.84. The van der Waals surface area contributed by atoms with E-state index in [-0.39, 0.29) is 25.0 Å². The van der Waals surface area contributed by atoms with Gasteiger partial charge in [-0.25, -0.2) is 4.39 Å². The van der Waals surface area contributed by atoms with E-state index in [1.807, 2.05) is 54.6 Å². The second-order valence-corrected chi connectivity index (χ2v) is 8.41. The highest BCUT2D eigenvalue weighted by molar-refractivity contribution is 5.88. The zero-order valence-electron chi connectivity index (χ0n) is 19.8. The molecule has 0 aromatic heterocycles. The van der Waals surface area contributed by atoms with Gasteiger partial charge in [0.25, 0.3) is 5.91 Å². The first-order valence-corrected chi connectivity index (χ1v) is 11.4. The van der Waals surface area contributed by atoms with Gasteiger partial charge in [0.2, 0.25) is 5.91 Å². The maximum Gasteiger partial charge on any atom is 0.261 e. The van der Waals surface area contributed by atoms with E-state index in [2.05, 4.69) is 19.2 Å². The Morgan fingerprint density at radius 2 is 1.59 bits per heavy atom. The Morgan fingerprint density at radius 3 is 2.26 bits per heavy atom. The highest BCUT2D eigenvalue weighted by Crippen LogP contribution is 2.26. The first kappa shape index (κ1) is 25.0. The van der Waals surface area contributed by atoms with Gasteiger partial charge in [-0.1, -0.05) is 80.6 Å². The Labute approximate surface area is 200 Å². The van der Waals surface area contributed by atoms with E-state index in [1.165, 1.54) is 18.0 Å². The monoisotopic (exact) mass is 462 g/mol. The Bertz CT molecular complexity index is 1100. The molecule has 3 aromatic rings. The molecule has 0 unspecified atom stereocenters. The van der Waals surface area contributed by atoms with Crippen LogP contribution in [0, 0.1) is 5.82 Å².